The number of imide groups is 1. The summed E-state index contributed by atoms with van der Waals surface area (Å²) < 4.78 is 47.0. The fourth-order valence-corrected chi connectivity index (χ4v) is 11.7. The molecule has 0 bridgehead atoms. The molecule has 2 heterocycles. The van der Waals surface area contributed by atoms with Crippen molar-refractivity contribution in [3.8, 4) is 0 Å². The number of carbonyl (C=O) groups is 4. The lowest BCUT2D eigenvalue weighted by Crippen LogP contribution is -2.70. The maximum absolute atomic E-state index is 17.8. The van der Waals surface area contributed by atoms with Gasteiger partial charge >= 0.3 is 0 Å². The fraction of sp³-hybridized carbons (Fsp3) is 0.348. The highest BCUT2D eigenvalue weighted by molar-refractivity contribution is 7.99. The normalized spacial score (nSPS) is 35.5. The molecule has 3 amide bonds. The second-order valence-corrected chi connectivity index (χ2v) is 17.9. The van der Waals surface area contributed by atoms with E-state index in [-0.39, 0.29) is 30.7 Å². The van der Waals surface area contributed by atoms with E-state index < -0.39 is 82.8 Å². The third kappa shape index (κ3) is 5.80. The molecule has 10 nitrogen and oxygen atoms in total. The van der Waals surface area contributed by atoms with Crippen LogP contribution in [-0.4, -0.2) is 70.0 Å². The lowest BCUT2D eigenvalue weighted by Gasteiger charge is -2.63. The Hall–Kier alpha value is -5.05. The summed E-state index contributed by atoms with van der Waals surface area (Å²) in [5.74, 6) is -3.43. The van der Waals surface area contributed by atoms with Crippen LogP contribution in [0.3, 0.4) is 0 Å². The molecule has 10 atom stereocenters. The number of benzene rings is 3. The summed E-state index contributed by atoms with van der Waals surface area (Å²) in [6.07, 6.45) is 2.18. The number of ketones is 1. The van der Waals surface area contributed by atoms with Crippen LogP contribution >= 0.6 is 11.8 Å². The van der Waals surface area contributed by atoms with Gasteiger partial charge in [-0.1, -0.05) is 61.7 Å². The van der Waals surface area contributed by atoms with Gasteiger partial charge in [0.2, 0.25) is 0 Å². The summed E-state index contributed by atoms with van der Waals surface area (Å²) in [5.41, 5.74) is -3.84. The van der Waals surface area contributed by atoms with Gasteiger partial charge in [0.05, 0.1) is 17.9 Å². The number of anilines is 2. The number of ether oxygens (including phenoxy) is 2. The summed E-state index contributed by atoms with van der Waals surface area (Å²) in [6.45, 7) is 6.47. The van der Waals surface area contributed by atoms with Crippen LogP contribution in [0, 0.1) is 22.7 Å². The SMILES string of the molecule is C=C1C=C[C@@]2(C)C(=C1)[C@@H](F)C[C@H]1[C@@H]3C[C@H]4O[C@@H](c5ccc(Sc6cccc(NC(=O)c7ccc(N8C(=O)C=CC8=O)cc7)c6)cc5)O[C@@]4(C(=O)CO)[C@@]3(C)C[C@H](O)[C@@]12F. The van der Waals surface area contributed by atoms with Crippen molar-refractivity contribution in [2.24, 2.45) is 22.7 Å². The van der Waals surface area contributed by atoms with Gasteiger partial charge < -0.3 is 25.0 Å². The average molecular weight is 821 g/mol. The summed E-state index contributed by atoms with van der Waals surface area (Å²) in [7, 11) is 0. The molecule has 1 saturated heterocycles. The Kier molecular flexibility index (Phi) is 9.37. The molecule has 3 aromatic rings. The molecule has 9 rings (SSSR count). The number of nitrogens with one attached hydrogen (secondary N) is 1. The number of hydrogen-bond donors (Lipinski definition) is 3. The van der Waals surface area contributed by atoms with Crippen molar-refractivity contribution < 1.29 is 47.6 Å². The molecule has 13 heteroatoms. The second kappa shape index (κ2) is 14.0. The Morgan fingerprint density at radius 1 is 0.966 bits per heavy atom. The Labute approximate surface area is 343 Å². The molecule has 4 aliphatic carbocycles. The molecular formula is C46H42F2N2O8S. The molecule has 0 radical (unpaired) electrons. The second-order valence-electron chi connectivity index (χ2n) is 16.7. The zero-order valence-corrected chi connectivity index (χ0v) is 33.1. The Balaban J connectivity index is 0.899. The van der Waals surface area contributed by atoms with Crippen LogP contribution in [0.4, 0.5) is 20.2 Å². The Morgan fingerprint density at radius 2 is 1.68 bits per heavy atom. The van der Waals surface area contributed by atoms with Crippen LogP contribution in [-0.2, 0) is 23.9 Å². The molecule has 4 fully saturated rings. The van der Waals surface area contributed by atoms with Gasteiger partial charge in [-0.2, -0.15) is 0 Å². The predicted molar refractivity (Wildman–Crippen MR) is 215 cm³/mol. The van der Waals surface area contributed by atoms with Crippen molar-refractivity contribution in [2.45, 2.75) is 78.8 Å². The van der Waals surface area contributed by atoms with Crippen molar-refractivity contribution in [1.29, 1.82) is 0 Å². The van der Waals surface area contributed by atoms with E-state index in [0.717, 1.165) is 14.7 Å². The number of nitrogens with zero attached hydrogens (tertiary/aromatic N) is 1. The first kappa shape index (κ1) is 39.4. The van der Waals surface area contributed by atoms with E-state index in [2.05, 4.69) is 11.9 Å². The van der Waals surface area contributed by atoms with Crippen LogP contribution in [0.2, 0.25) is 0 Å². The van der Waals surface area contributed by atoms with Gasteiger partial charge in [-0.05, 0) is 97.8 Å². The summed E-state index contributed by atoms with van der Waals surface area (Å²) >= 11 is 1.45. The highest BCUT2D eigenvalue weighted by Crippen LogP contribution is 2.72. The van der Waals surface area contributed by atoms with E-state index in [0.29, 0.717) is 28.1 Å². The molecule has 304 valence electrons. The first-order valence-corrected chi connectivity index (χ1v) is 20.4. The molecule has 59 heavy (non-hydrogen) atoms. The number of halogens is 2. The molecule has 0 aromatic heterocycles. The molecule has 0 unspecified atom stereocenters. The van der Waals surface area contributed by atoms with Crippen LogP contribution in [0.15, 0.2) is 131 Å². The minimum absolute atomic E-state index is 0.153. The number of Topliss-reactive ketones (excluding diaryl/α,β-unsaturated/α-hetero) is 1. The Morgan fingerprint density at radius 3 is 2.37 bits per heavy atom. The number of hydrogen-bond acceptors (Lipinski definition) is 9. The molecule has 3 aromatic carbocycles. The highest BCUT2D eigenvalue weighted by atomic mass is 32.2. The molecule has 3 N–H and O–H groups in total. The van der Waals surface area contributed by atoms with Crippen molar-refractivity contribution in [2.75, 3.05) is 16.8 Å². The number of fused-ring (bicyclic) bond motifs is 7. The van der Waals surface area contributed by atoms with E-state index >= 15 is 8.78 Å². The van der Waals surface area contributed by atoms with E-state index in [9.17, 15) is 29.4 Å². The smallest absolute Gasteiger partial charge is 0.258 e. The van der Waals surface area contributed by atoms with Crippen molar-refractivity contribution >= 4 is 46.6 Å². The van der Waals surface area contributed by atoms with Crippen LogP contribution in [0.25, 0.3) is 0 Å². The molecular weight excluding hydrogens is 779 g/mol. The van der Waals surface area contributed by atoms with Crippen molar-refractivity contribution in [1.82, 2.24) is 0 Å². The summed E-state index contributed by atoms with van der Waals surface area (Å²) in [6, 6.07) is 20.8. The molecule has 0 spiro atoms. The minimum Gasteiger partial charge on any atom is -0.390 e. The Bertz CT molecular complexity index is 2380. The number of aliphatic hydroxyl groups excluding tert-OH is 2. The average Bonchev–Trinajstić information content (AvgIpc) is 3.85. The van der Waals surface area contributed by atoms with E-state index in [1.54, 1.807) is 50.3 Å². The maximum Gasteiger partial charge on any atom is 0.258 e. The standard InChI is InChI=1S/C46H42F2N2O8S/c1-25-17-18-43(2)34(19-25)35(47)21-33-32-22-38-46(37(53)24-51,44(32,3)23-36(52)45(33,43)48)58-42(57-38)27-9-13-30(14-10-27)59-31-6-4-5-28(20-31)49-41(56)26-7-11-29(12-8-26)50-39(54)15-16-40(50)55/h4-20,32-33,35-36,38,42,51-52H,1,21-24H2,2-3H3,(H,49,56)/t32-,33-,35-,36-,38+,42+,43-,44-,45-,46+/m0/s1. The number of rotatable bonds is 8. The number of carbonyl (C=O) groups excluding carboxylic acids is 4. The van der Waals surface area contributed by atoms with E-state index in [1.807, 2.05) is 42.5 Å². The fourth-order valence-electron chi connectivity index (χ4n) is 10.9. The lowest BCUT2D eigenvalue weighted by molar-refractivity contribution is -0.235. The number of allylic oxidation sites excluding steroid dienone is 5. The van der Waals surface area contributed by atoms with Crippen LogP contribution in [0.5, 0.6) is 0 Å². The first-order chi connectivity index (χ1) is 28.1. The largest absolute Gasteiger partial charge is 0.390 e. The zero-order valence-electron chi connectivity index (χ0n) is 32.3. The number of alkyl halides is 2. The monoisotopic (exact) mass is 820 g/mol. The zero-order chi connectivity index (χ0) is 41.6. The molecule has 2 aliphatic heterocycles. The van der Waals surface area contributed by atoms with Crippen LogP contribution in [0.1, 0.15) is 55.3 Å². The third-order valence-corrected chi connectivity index (χ3v) is 14.7. The minimum atomic E-state index is -2.23. The third-order valence-electron chi connectivity index (χ3n) is 13.7. The maximum atomic E-state index is 17.8. The van der Waals surface area contributed by atoms with Crippen molar-refractivity contribution in [3.05, 3.63) is 132 Å². The van der Waals surface area contributed by atoms with Gasteiger partial charge in [0, 0.05) is 55.5 Å². The summed E-state index contributed by atoms with van der Waals surface area (Å²) in [4.78, 5) is 53.7. The quantitative estimate of drug-likeness (QED) is 0.202. The van der Waals surface area contributed by atoms with Gasteiger partial charge in [-0.15, -0.1) is 0 Å². The van der Waals surface area contributed by atoms with E-state index in [1.165, 1.54) is 36.0 Å². The van der Waals surface area contributed by atoms with Crippen molar-refractivity contribution in [3.63, 3.8) is 0 Å². The van der Waals surface area contributed by atoms with E-state index in [4.69, 9.17) is 9.47 Å². The van der Waals surface area contributed by atoms with Crippen LogP contribution < -0.4 is 10.2 Å². The van der Waals surface area contributed by atoms with Gasteiger partial charge in [0.25, 0.3) is 17.7 Å². The van der Waals surface area contributed by atoms with Gasteiger partial charge in [0.15, 0.2) is 23.3 Å². The van der Waals surface area contributed by atoms with Gasteiger partial charge in [-0.25, -0.2) is 13.7 Å². The summed E-state index contributed by atoms with van der Waals surface area (Å²) in [5, 5.41) is 25.0. The van der Waals surface area contributed by atoms with Gasteiger partial charge in [0.1, 0.15) is 12.8 Å². The lowest BCUT2D eigenvalue weighted by atomic mass is 9.44. The number of aliphatic hydroxyl groups is 2. The van der Waals surface area contributed by atoms with Gasteiger partial charge in [-0.3, -0.25) is 19.2 Å². The molecule has 6 aliphatic rings. The first-order valence-electron chi connectivity index (χ1n) is 19.6. The topological polar surface area (TPSA) is 142 Å². The predicted octanol–water partition coefficient (Wildman–Crippen LogP) is 7.15. The molecule has 3 saturated carbocycles. The number of amides is 3. The highest BCUT2D eigenvalue weighted by Gasteiger charge is 2.80.